The molecule has 16 heavy (non-hydrogen) atoms. The van der Waals surface area contributed by atoms with Crippen molar-refractivity contribution in [1.82, 2.24) is 4.90 Å². The average molecular weight is 229 g/mol. The Hall–Kier alpha value is -0.610. The van der Waals surface area contributed by atoms with Crippen molar-refractivity contribution >= 4 is 5.97 Å². The van der Waals surface area contributed by atoms with E-state index in [-0.39, 0.29) is 6.61 Å². The summed E-state index contributed by atoms with van der Waals surface area (Å²) >= 11 is 0. The molecule has 1 aliphatic carbocycles. The number of carbonyl (C=O) groups is 1. The normalized spacial score (nSPS) is 20.7. The maximum absolute atomic E-state index is 11.1. The van der Waals surface area contributed by atoms with Gasteiger partial charge in [-0.25, -0.2) is 0 Å². The highest BCUT2D eigenvalue weighted by molar-refractivity contribution is 5.73. The van der Waals surface area contributed by atoms with E-state index in [0.29, 0.717) is 6.04 Å². The summed E-state index contributed by atoms with van der Waals surface area (Å²) in [6, 6.07) is -0.105. The molecule has 0 bridgehead atoms. The fourth-order valence-electron chi connectivity index (χ4n) is 2.44. The quantitative estimate of drug-likeness (QED) is 0.730. The van der Waals surface area contributed by atoms with Crippen molar-refractivity contribution in [2.45, 2.75) is 50.6 Å². The molecule has 4 nitrogen and oxygen atoms in total. The van der Waals surface area contributed by atoms with Gasteiger partial charge in [0.05, 0.1) is 6.61 Å². The molecule has 1 unspecified atom stereocenters. The first-order valence-electron chi connectivity index (χ1n) is 6.10. The molecule has 0 aromatic rings. The lowest BCUT2D eigenvalue weighted by atomic mass is 10.1. The van der Waals surface area contributed by atoms with Crippen molar-refractivity contribution in [3.63, 3.8) is 0 Å². The van der Waals surface area contributed by atoms with Crippen LogP contribution in [0.5, 0.6) is 0 Å². The second-order valence-corrected chi connectivity index (χ2v) is 4.62. The van der Waals surface area contributed by atoms with E-state index in [4.69, 9.17) is 9.84 Å². The van der Waals surface area contributed by atoms with Crippen LogP contribution >= 0.6 is 0 Å². The van der Waals surface area contributed by atoms with Gasteiger partial charge in [0.1, 0.15) is 6.04 Å². The highest BCUT2D eigenvalue weighted by atomic mass is 16.5. The van der Waals surface area contributed by atoms with E-state index in [0.717, 1.165) is 12.8 Å². The zero-order valence-corrected chi connectivity index (χ0v) is 10.3. The van der Waals surface area contributed by atoms with Crippen molar-refractivity contribution < 1.29 is 14.6 Å². The first kappa shape index (κ1) is 13.5. The second kappa shape index (κ2) is 6.86. The smallest absolute Gasteiger partial charge is 0.323 e. The van der Waals surface area contributed by atoms with E-state index in [9.17, 15) is 4.79 Å². The van der Waals surface area contributed by atoms with Crippen molar-refractivity contribution in [3.8, 4) is 0 Å². The Balaban J connectivity index is 2.56. The molecule has 1 atom stereocenters. The van der Waals surface area contributed by atoms with Crippen molar-refractivity contribution in [3.05, 3.63) is 0 Å². The Morgan fingerprint density at radius 3 is 2.38 bits per heavy atom. The van der Waals surface area contributed by atoms with Gasteiger partial charge in [0.25, 0.3) is 0 Å². The minimum atomic E-state index is -0.784. The summed E-state index contributed by atoms with van der Waals surface area (Å²) in [6.45, 7) is 0.266. The molecular weight excluding hydrogens is 206 g/mol. The molecule has 0 heterocycles. The largest absolute Gasteiger partial charge is 0.480 e. The molecule has 0 aromatic carbocycles. The maximum Gasteiger partial charge on any atom is 0.323 e. The monoisotopic (exact) mass is 229 g/mol. The molecule has 0 saturated heterocycles. The topological polar surface area (TPSA) is 49.8 Å². The van der Waals surface area contributed by atoms with E-state index in [1.54, 1.807) is 7.11 Å². The molecular formula is C12H23NO3. The number of nitrogens with zero attached hydrogens (tertiary/aromatic N) is 1. The fourth-order valence-corrected chi connectivity index (χ4v) is 2.44. The number of hydrogen-bond acceptors (Lipinski definition) is 3. The van der Waals surface area contributed by atoms with Gasteiger partial charge in [-0.3, -0.25) is 9.69 Å². The number of ether oxygens (including phenoxy) is 1. The first-order chi connectivity index (χ1) is 7.66. The van der Waals surface area contributed by atoms with Crippen LogP contribution in [-0.2, 0) is 9.53 Å². The third kappa shape index (κ3) is 3.76. The van der Waals surface area contributed by atoms with Gasteiger partial charge in [0.2, 0.25) is 0 Å². The molecule has 1 rings (SSSR count). The van der Waals surface area contributed by atoms with Gasteiger partial charge < -0.3 is 9.84 Å². The van der Waals surface area contributed by atoms with E-state index >= 15 is 0 Å². The van der Waals surface area contributed by atoms with Crippen molar-refractivity contribution in [2.24, 2.45) is 0 Å². The maximum atomic E-state index is 11.1. The van der Waals surface area contributed by atoms with Gasteiger partial charge in [-0.1, -0.05) is 25.7 Å². The summed E-state index contributed by atoms with van der Waals surface area (Å²) in [6.07, 6.45) is 7.23. The highest BCUT2D eigenvalue weighted by Gasteiger charge is 2.28. The first-order valence-corrected chi connectivity index (χ1v) is 6.10. The third-order valence-corrected chi connectivity index (χ3v) is 3.50. The van der Waals surface area contributed by atoms with Crippen LogP contribution in [0.15, 0.2) is 0 Å². The van der Waals surface area contributed by atoms with E-state index in [1.807, 2.05) is 11.9 Å². The predicted molar refractivity (Wildman–Crippen MR) is 62.6 cm³/mol. The molecule has 4 heteroatoms. The van der Waals surface area contributed by atoms with Gasteiger partial charge in [-0.15, -0.1) is 0 Å². The van der Waals surface area contributed by atoms with Crippen LogP contribution in [0, 0.1) is 0 Å². The van der Waals surface area contributed by atoms with Crippen LogP contribution < -0.4 is 0 Å². The lowest BCUT2D eigenvalue weighted by molar-refractivity contribution is -0.145. The molecule has 0 aliphatic heterocycles. The summed E-state index contributed by atoms with van der Waals surface area (Å²) in [7, 11) is 3.46. The number of rotatable bonds is 5. The Kier molecular flexibility index (Phi) is 5.77. The van der Waals surface area contributed by atoms with E-state index in [2.05, 4.69) is 0 Å². The van der Waals surface area contributed by atoms with Crippen LogP contribution in [0.2, 0.25) is 0 Å². The van der Waals surface area contributed by atoms with Crippen LogP contribution in [-0.4, -0.2) is 48.8 Å². The summed E-state index contributed by atoms with van der Waals surface area (Å²) in [5, 5.41) is 9.15. The summed E-state index contributed by atoms with van der Waals surface area (Å²) in [5.74, 6) is -0.784. The number of carboxylic acid groups (broad SMARTS) is 1. The van der Waals surface area contributed by atoms with Crippen LogP contribution in [0.1, 0.15) is 38.5 Å². The molecule has 1 fully saturated rings. The number of likely N-dealkylation sites (N-methyl/N-ethyl adjacent to an activating group) is 1. The van der Waals surface area contributed by atoms with Gasteiger partial charge in [-0.05, 0) is 19.9 Å². The standard InChI is InChI=1S/C12H23NO3/c1-13(11(9-16-2)12(14)15)10-7-5-3-4-6-8-10/h10-11H,3-9H2,1-2H3,(H,14,15). The van der Waals surface area contributed by atoms with Crippen LogP contribution in [0.3, 0.4) is 0 Å². The number of methoxy groups -OCH3 is 1. The van der Waals surface area contributed by atoms with Gasteiger partial charge >= 0.3 is 5.97 Å². The Labute approximate surface area is 97.6 Å². The zero-order valence-electron chi connectivity index (χ0n) is 10.3. The molecule has 1 saturated carbocycles. The molecule has 1 aliphatic rings. The van der Waals surface area contributed by atoms with Gasteiger partial charge in [0, 0.05) is 13.2 Å². The lowest BCUT2D eigenvalue weighted by Gasteiger charge is -2.31. The van der Waals surface area contributed by atoms with E-state index < -0.39 is 12.0 Å². The molecule has 0 aromatic heterocycles. The minimum Gasteiger partial charge on any atom is -0.480 e. The Morgan fingerprint density at radius 2 is 1.94 bits per heavy atom. The predicted octanol–water partition coefficient (Wildman–Crippen LogP) is 1.74. The van der Waals surface area contributed by atoms with Gasteiger partial charge in [-0.2, -0.15) is 0 Å². The van der Waals surface area contributed by atoms with Crippen molar-refractivity contribution in [1.29, 1.82) is 0 Å². The Bertz CT molecular complexity index is 212. The lowest BCUT2D eigenvalue weighted by Crippen LogP contribution is -2.47. The molecule has 1 N–H and O–H groups in total. The fraction of sp³-hybridized carbons (Fsp3) is 0.917. The summed E-state index contributed by atoms with van der Waals surface area (Å²) in [4.78, 5) is 13.1. The summed E-state index contributed by atoms with van der Waals surface area (Å²) < 4.78 is 4.99. The minimum absolute atomic E-state index is 0.266. The van der Waals surface area contributed by atoms with Crippen LogP contribution in [0.4, 0.5) is 0 Å². The number of carboxylic acids is 1. The van der Waals surface area contributed by atoms with E-state index in [1.165, 1.54) is 25.7 Å². The van der Waals surface area contributed by atoms with Gasteiger partial charge in [0.15, 0.2) is 0 Å². The summed E-state index contributed by atoms with van der Waals surface area (Å²) in [5.41, 5.74) is 0. The van der Waals surface area contributed by atoms with Crippen molar-refractivity contribution in [2.75, 3.05) is 20.8 Å². The SMILES string of the molecule is COCC(C(=O)O)N(C)C1CCCCCC1. The highest BCUT2D eigenvalue weighted by Crippen LogP contribution is 2.22. The molecule has 0 radical (unpaired) electrons. The average Bonchev–Trinajstić information content (AvgIpc) is 2.53. The number of aliphatic carboxylic acids is 1. The third-order valence-electron chi connectivity index (χ3n) is 3.50. The molecule has 0 spiro atoms. The Morgan fingerprint density at radius 1 is 1.38 bits per heavy atom. The van der Waals surface area contributed by atoms with Crippen LogP contribution in [0.25, 0.3) is 0 Å². The number of hydrogen-bond donors (Lipinski definition) is 1. The second-order valence-electron chi connectivity index (χ2n) is 4.62. The zero-order chi connectivity index (χ0) is 12.0. The molecule has 0 amide bonds. The molecule has 94 valence electrons.